The summed E-state index contributed by atoms with van der Waals surface area (Å²) < 4.78 is 14.8. The normalized spacial score (nSPS) is 12.6. The first-order chi connectivity index (χ1) is 9.65. The lowest BCUT2D eigenvalue weighted by Gasteiger charge is -2.14. The molecule has 1 N–H and O–H groups in total. The minimum atomic E-state index is -0.338. The Hall–Kier alpha value is -2.50. The van der Waals surface area contributed by atoms with E-state index in [4.69, 9.17) is 0 Å². The molecule has 0 saturated carbocycles. The largest absolute Gasteiger partial charge is 0.348 e. The number of halogens is 1. The molecule has 3 aromatic heterocycles. The molecule has 0 amide bonds. The van der Waals surface area contributed by atoms with E-state index in [-0.39, 0.29) is 11.9 Å². The van der Waals surface area contributed by atoms with Gasteiger partial charge < -0.3 is 9.88 Å². The van der Waals surface area contributed by atoms with Crippen LogP contribution in [0.3, 0.4) is 0 Å². The molecule has 3 aromatic rings. The molecule has 6 heteroatoms. The second-order valence-electron chi connectivity index (χ2n) is 4.63. The first kappa shape index (κ1) is 12.5. The zero-order chi connectivity index (χ0) is 14.1. The molecule has 3 heterocycles. The second kappa shape index (κ2) is 4.88. The zero-order valence-corrected chi connectivity index (χ0v) is 11.2. The van der Waals surface area contributed by atoms with Gasteiger partial charge in [0, 0.05) is 13.2 Å². The molecule has 0 aliphatic carbocycles. The summed E-state index contributed by atoms with van der Waals surface area (Å²) in [6.07, 6.45) is 4.70. The average Bonchev–Trinajstić information content (AvgIpc) is 2.77. The minimum Gasteiger partial charge on any atom is -0.348 e. The highest BCUT2D eigenvalue weighted by Crippen LogP contribution is 2.21. The van der Waals surface area contributed by atoms with Crippen LogP contribution in [0.2, 0.25) is 0 Å². The zero-order valence-electron chi connectivity index (χ0n) is 11.2. The van der Waals surface area contributed by atoms with Crippen molar-refractivity contribution in [1.29, 1.82) is 0 Å². The molecule has 0 fully saturated rings. The van der Waals surface area contributed by atoms with Gasteiger partial charge in [0.1, 0.15) is 5.82 Å². The van der Waals surface area contributed by atoms with Gasteiger partial charge in [-0.3, -0.25) is 9.97 Å². The van der Waals surface area contributed by atoms with E-state index < -0.39 is 0 Å². The molecule has 102 valence electrons. The van der Waals surface area contributed by atoms with Crippen LogP contribution in [-0.4, -0.2) is 19.5 Å². The fraction of sp³-hybridized carbons (Fsp3) is 0.214. The highest BCUT2D eigenvalue weighted by Gasteiger charge is 2.12. The topological polar surface area (TPSA) is 55.6 Å². The number of anilines is 1. The molecular weight excluding hydrogens is 257 g/mol. The third-order valence-electron chi connectivity index (χ3n) is 3.22. The van der Waals surface area contributed by atoms with E-state index in [1.807, 2.05) is 24.6 Å². The van der Waals surface area contributed by atoms with Crippen molar-refractivity contribution >= 4 is 17.0 Å². The van der Waals surface area contributed by atoms with Gasteiger partial charge in [-0.25, -0.2) is 9.37 Å². The maximum Gasteiger partial charge on any atom is 0.204 e. The molecule has 20 heavy (non-hydrogen) atoms. The van der Waals surface area contributed by atoms with Crippen molar-refractivity contribution < 1.29 is 4.39 Å². The van der Waals surface area contributed by atoms with Gasteiger partial charge in [0.05, 0.1) is 35.2 Å². The van der Waals surface area contributed by atoms with Crippen molar-refractivity contribution in [2.45, 2.75) is 13.0 Å². The number of fused-ring (bicyclic) bond motifs is 1. The van der Waals surface area contributed by atoms with Crippen LogP contribution in [0, 0.1) is 5.82 Å². The van der Waals surface area contributed by atoms with E-state index in [1.165, 1.54) is 12.3 Å². The van der Waals surface area contributed by atoms with E-state index in [9.17, 15) is 4.39 Å². The van der Waals surface area contributed by atoms with Crippen LogP contribution < -0.4 is 5.32 Å². The predicted octanol–water partition coefficient (Wildman–Crippen LogP) is 2.68. The fourth-order valence-corrected chi connectivity index (χ4v) is 2.08. The van der Waals surface area contributed by atoms with Gasteiger partial charge in [0.15, 0.2) is 0 Å². The Morgan fingerprint density at radius 2 is 2.10 bits per heavy atom. The Morgan fingerprint density at radius 3 is 2.80 bits per heavy atom. The van der Waals surface area contributed by atoms with Gasteiger partial charge >= 0.3 is 0 Å². The molecular formula is C14H14FN5. The number of aryl methyl sites for hydroxylation is 1. The number of imidazole rings is 1. The average molecular weight is 271 g/mol. The van der Waals surface area contributed by atoms with Crippen molar-refractivity contribution in [2.24, 2.45) is 7.05 Å². The Labute approximate surface area is 115 Å². The first-order valence-electron chi connectivity index (χ1n) is 6.29. The quantitative estimate of drug-likeness (QED) is 0.795. The van der Waals surface area contributed by atoms with E-state index >= 15 is 0 Å². The summed E-state index contributed by atoms with van der Waals surface area (Å²) in [5.41, 5.74) is 2.59. The van der Waals surface area contributed by atoms with E-state index in [1.54, 1.807) is 18.5 Å². The Balaban J connectivity index is 1.89. The minimum absolute atomic E-state index is 0.0703. The van der Waals surface area contributed by atoms with Gasteiger partial charge in [-0.2, -0.15) is 0 Å². The molecule has 0 aliphatic heterocycles. The molecule has 0 aliphatic rings. The number of nitrogens with one attached hydrogen (secondary N) is 1. The molecule has 0 spiro atoms. The third kappa shape index (κ3) is 2.20. The van der Waals surface area contributed by atoms with Crippen molar-refractivity contribution in [3.8, 4) is 0 Å². The van der Waals surface area contributed by atoms with Gasteiger partial charge in [-0.1, -0.05) is 0 Å². The summed E-state index contributed by atoms with van der Waals surface area (Å²) in [6, 6.07) is 4.86. The van der Waals surface area contributed by atoms with Crippen molar-refractivity contribution in [1.82, 2.24) is 19.5 Å². The number of rotatable bonds is 3. The molecule has 3 rings (SSSR count). The summed E-state index contributed by atoms with van der Waals surface area (Å²) in [5.74, 6) is 0.390. The smallest absolute Gasteiger partial charge is 0.204 e. The third-order valence-corrected chi connectivity index (χ3v) is 3.22. The standard InChI is InChI=1S/C14H14FN5/c1-9(11-4-3-10(15)7-17-11)18-14-19-12-5-6-16-8-13(12)20(14)2/h3-9H,1-2H3,(H,18,19)/t9-/m1/s1. The van der Waals surface area contributed by atoms with Gasteiger partial charge in [0.2, 0.25) is 5.95 Å². The SMILES string of the molecule is C[C@@H](Nc1nc2ccncc2n1C)c1ccc(F)cn1. The summed E-state index contributed by atoms with van der Waals surface area (Å²) in [4.78, 5) is 12.7. The molecule has 0 radical (unpaired) electrons. The van der Waals surface area contributed by atoms with Gasteiger partial charge in [0.25, 0.3) is 0 Å². The number of nitrogens with zero attached hydrogens (tertiary/aromatic N) is 4. The molecule has 0 aromatic carbocycles. The van der Waals surface area contributed by atoms with Crippen molar-refractivity contribution in [3.05, 3.63) is 48.3 Å². The summed E-state index contributed by atoms with van der Waals surface area (Å²) in [5, 5.41) is 3.27. The highest BCUT2D eigenvalue weighted by atomic mass is 19.1. The van der Waals surface area contributed by atoms with E-state index in [2.05, 4.69) is 20.3 Å². The number of hydrogen-bond acceptors (Lipinski definition) is 4. The molecule has 5 nitrogen and oxygen atoms in total. The van der Waals surface area contributed by atoms with Crippen LogP contribution in [0.1, 0.15) is 18.7 Å². The van der Waals surface area contributed by atoms with Crippen LogP contribution in [-0.2, 0) is 7.05 Å². The molecule has 1 atom stereocenters. The van der Waals surface area contributed by atoms with E-state index in [0.717, 1.165) is 22.7 Å². The Kier molecular flexibility index (Phi) is 3.06. The summed E-state index contributed by atoms with van der Waals surface area (Å²) >= 11 is 0. The predicted molar refractivity (Wildman–Crippen MR) is 74.7 cm³/mol. The maximum atomic E-state index is 12.9. The number of hydrogen-bond donors (Lipinski definition) is 1. The van der Waals surface area contributed by atoms with Crippen LogP contribution in [0.25, 0.3) is 11.0 Å². The van der Waals surface area contributed by atoms with Crippen LogP contribution in [0.4, 0.5) is 10.3 Å². The fourth-order valence-electron chi connectivity index (χ4n) is 2.08. The van der Waals surface area contributed by atoms with Crippen LogP contribution >= 0.6 is 0 Å². The number of pyridine rings is 2. The lowest BCUT2D eigenvalue weighted by Crippen LogP contribution is -2.11. The van der Waals surface area contributed by atoms with Crippen molar-refractivity contribution in [3.63, 3.8) is 0 Å². The molecule has 0 unspecified atom stereocenters. The Morgan fingerprint density at radius 1 is 1.25 bits per heavy atom. The highest BCUT2D eigenvalue weighted by molar-refractivity contribution is 5.77. The van der Waals surface area contributed by atoms with Crippen LogP contribution in [0.5, 0.6) is 0 Å². The van der Waals surface area contributed by atoms with Crippen molar-refractivity contribution in [2.75, 3.05) is 5.32 Å². The Bertz CT molecular complexity index is 735. The monoisotopic (exact) mass is 271 g/mol. The summed E-state index contributed by atoms with van der Waals surface area (Å²) in [6.45, 7) is 1.96. The molecule has 0 saturated heterocycles. The lowest BCUT2D eigenvalue weighted by molar-refractivity contribution is 0.617. The molecule has 0 bridgehead atoms. The first-order valence-corrected chi connectivity index (χ1v) is 6.29. The second-order valence-corrected chi connectivity index (χ2v) is 4.63. The lowest BCUT2D eigenvalue weighted by atomic mass is 10.2. The maximum absolute atomic E-state index is 12.9. The number of aromatic nitrogens is 4. The van der Waals surface area contributed by atoms with Gasteiger partial charge in [-0.05, 0) is 25.1 Å². The summed E-state index contributed by atoms with van der Waals surface area (Å²) in [7, 11) is 1.92. The van der Waals surface area contributed by atoms with Crippen LogP contribution in [0.15, 0.2) is 36.8 Å². The van der Waals surface area contributed by atoms with E-state index in [0.29, 0.717) is 0 Å². The van der Waals surface area contributed by atoms with Gasteiger partial charge in [-0.15, -0.1) is 0 Å².